The van der Waals surface area contributed by atoms with Crippen LogP contribution in [0.4, 0.5) is 0 Å². The van der Waals surface area contributed by atoms with Crippen molar-refractivity contribution in [3.05, 3.63) is 35.9 Å². The Balaban J connectivity index is 1.60. The Labute approximate surface area is 143 Å². The van der Waals surface area contributed by atoms with Crippen molar-refractivity contribution >= 4 is 11.7 Å². The van der Waals surface area contributed by atoms with Crippen LogP contribution in [0.1, 0.15) is 49.9 Å². The highest BCUT2D eigenvalue weighted by Crippen LogP contribution is 2.26. The molecule has 2 aliphatic rings. The van der Waals surface area contributed by atoms with E-state index in [9.17, 15) is 9.59 Å². The summed E-state index contributed by atoms with van der Waals surface area (Å²) in [4.78, 5) is 27.2. The molecule has 0 radical (unpaired) electrons. The standard InChI is InChI=1S/C19H27N3O2/c1-13-17(14(2)21-20-13)12-19(24)22-10-6-9-16(22)11-18(23)15-7-4-3-5-8-15/h3-5,7-8,13-14,16-17,20-21H,6,9-12H2,1-2H3. The van der Waals surface area contributed by atoms with E-state index in [0.29, 0.717) is 18.8 Å². The van der Waals surface area contributed by atoms with Gasteiger partial charge in [0.15, 0.2) is 5.78 Å². The van der Waals surface area contributed by atoms with Crippen molar-refractivity contribution in [3.8, 4) is 0 Å². The number of nitrogens with one attached hydrogen (secondary N) is 2. The molecule has 0 aliphatic carbocycles. The Kier molecular flexibility index (Phi) is 5.31. The largest absolute Gasteiger partial charge is 0.339 e. The Morgan fingerprint density at radius 2 is 1.75 bits per heavy atom. The Bertz CT molecular complexity index is 580. The highest BCUT2D eigenvalue weighted by atomic mass is 16.2. The second-order valence-corrected chi connectivity index (χ2v) is 7.11. The molecule has 2 fully saturated rings. The zero-order valence-electron chi connectivity index (χ0n) is 14.5. The minimum atomic E-state index is 0.0538. The molecular weight excluding hydrogens is 302 g/mol. The molecule has 0 aromatic heterocycles. The van der Waals surface area contributed by atoms with Gasteiger partial charge in [0.05, 0.1) is 0 Å². The molecule has 3 atom stereocenters. The van der Waals surface area contributed by atoms with E-state index in [1.165, 1.54) is 0 Å². The van der Waals surface area contributed by atoms with Gasteiger partial charge in [-0.1, -0.05) is 30.3 Å². The molecule has 3 unspecified atom stereocenters. The minimum Gasteiger partial charge on any atom is -0.339 e. The third-order valence-electron chi connectivity index (χ3n) is 5.45. The van der Waals surface area contributed by atoms with E-state index in [-0.39, 0.29) is 29.8 Å². The van der Waals surface area contributed by atoms with Gasteiger partial charge in [-0.3, -0.25) is 20.4 Å². The van der Waals surface area contributed by atoms with Crippen LogP contribution < -0.4 is 10.9 Å². The number of hydrogen-bond acceptors (Lipinski definition) is 4. The molecule has 2 N–H and O–H groups in total. The van der Waals surface area contributed by atoms with Crippen molar-refractivity contribution in [2.75, 3.05) is 6.54 Å². The number of amides is 1. The van der Waals surface area contributed by atoms with Gasteiger partial charge in [-0.15, -0.1) is 0 Å². The highest BCUT2D eigenvalue weighted by Gasteiger charge is 2.36. The fourth-order valence-electron chi connectivity index (χ4n) is 3.91. The number of carbonyl (C=O) groups is 2. The topological polar surface area (TPSA) is 61.4 Å². The van der Waals surface area contributed by atoms with Gasteiger partial charge in [0, 0.05) is 49.0 Å². The molecule has 2 aliphatic heterocycles. The van der Waals surface area contributed by atoms with E-state index in [1.54, 1.807) is 0 Å². The molecule has 130 valence electrons. The summed E-state index contributed by atoms with van der Waals surface area (Å²) in [6, 6.07) is 10.0. The third-order valence-corrected chi connectivity index (χ3v) is 5.45. The average molecular weight is 329 g/mol. The van der Waals surface area contributed by atoms with Gasteiger partial charge in [0.2, 0.25) is 5.91 Å². The average Bonchev–Trinajstić information content (AvgIpc) is 3.17. The van der Waals surface area contributed by atoms with Crippen LogP contribution in [0.5, 0.6) is 0 Å². The number of Topliss-reactive ketones (excluding diaryl/α,β-unsaturated/α-hetero) is 1. The first-order valence-corrected chi connectivity index (χ1v) is 8.95. The Hall–Kier alpha value is -1.72. The van der Waals surface area contributed by atoms with Crippen molar-refractivity contribution in [2.45, 2.75) is 57.7 Å². The van der Waals surface area contributed by atoms with Crippen LogP contribution in [0.2, 0.25) is 0 Å². The molecule has 2 saturated heterocycles. The molecule has 1 aromatic rings. The van der Waals surface area contributed by atoms with Crippen LogP contribution in [0.3, 0.4) is 0 Å². The number of nitrogens with zero attached hydrogens (tertiary/aromatic N) is 1. The molecule has 3 rings (SSSR count). The predicted molar refractivity (Wildman–Crippen MR) is 93.4 cm³/mol. The number of rotatable bonds is 5. The van der Waals surface area contributed by atoms with Crippen LogP contribution in [0, 0.1) is 5.92 Å². The summed E-state index contributed by atoms with van der Waals surface area (Å²) in [5.41, 5.74) is 7.15. The maximum atomic E-state index is 12.8. The number of ketones is 1. The van der Waals surface area contributed by atoms with E-state index >= 15 is 0 Å². The van der Waals surface area contributed by atoms with Gasteiger partial charge in [-0.05, 0) is 26.7 Å². The lowest BCUT2D eigenvalue weighted by Gasteiger charge is -2.27. The molecule has 24 heavy (non-hydrogen) atoms. The lowest BCUT2D eigenvalue weighted by molar-refractivity contribution is -0.133. The highest BCUT2D eigenvalue weighted by molar-refractivity contribution is 5.96. The summed E-state index contributed by atoms with van der Waals surface area (Å²) in [7, 11) is 0. The second kappa shape index (κ2) is 7.45. The second-order valence-electron chi connectivity index (χ2n) is 7.11. The van der Waals surface area contributed by atoms with E-state index < -0.39 is 0 Å². The van der Waals surface area contributed by atoms with Crippen LogP contribution in [-0.2, 0) is 4.79 Å². The zero-order valence-corrected chi connectivity index (χ0v) is 14.5. The number of benzene rings is 1. The predicted octanol–water partition coefficient (Wildman–Crippen LogP) is 2.14. The molecule has 1 amide bonds. The van der Waals surface area contributed by atoms with Gasteiger partial charge < -0.3 is 4.90 Å². The van der Waals surface area contributed by atoms with E-state index in [4.69, 9.17) is 0 Å². The monoisotopic (exact) mass is 329 g/mol. The quantitative estimate of drug-likeness (QED) is 0.813. The van der Waals surface area contributed by atoms with Crippen molar-refractivity contribution in [1.82, 2.24) is 15.8 Å². The Morgan fingerprint density at radius 1 is 1.08 bits per heavy atom. The maximum absolute atomic E-state index is 12.8. The van der Waals surface area contributed by atoms with Gasteiger partial charge in [-0.2, -0.15) is 0 Å². The lowest BCUT2D eigenvalue weighted by atomic mass is 9.92. The van der Waals surface area contributed by atoms with Crippen LogP contribution in [0.15, 0.2) is 30.3 Å². The number of carbonyl (C=O) groups excluding carboxylic acids is 2. The summed E-state index contributed by atoms with van der Waals surface area (Å²) < 4.78 is 0. The van der Waals surface area contributed by atoms with Gasteiger partial charge in [-0.25, -0.2) is 0 Å². The third kappa shape index (κ3) is 3.68. The number of likely N-dealkylation sites (tertiary alicyclic amines) is 1. The van der Waals surface area contributed by atoms with Crippen molar-refractivity contribution in [2.24, 2.45) is 5.92 Å². The molecule has 0 bridgehead atoms. The van der Waals surface area contributed by atoms with Crippen LogP contribution in [-0.4, -0.2) is 41.3 Å². The van der Waals surface area contributed by atoms with Crippen molar-refractivity contribution < 1.29 is 9.59 Å². The van der Waals surface area contributed by atoms with Crippen molar-refractivity contribution in [1.29, 1.82) is 0 Å². The zero-order chi connectivity index (χ0) is 17.1. The first-order chi connectivity index (χ1) is 11.6. The first-order valence-electron chi connectivity index (χ1n) is 8.95. The van der Waals surface area contributed by atoms with Gasteiger partial charge in [0.1, 0.15) is 0 Å². The van der Waals surface area contributed by atoms with E-state index in [1.807, 2.05) is 35.2 Å². The fraction of sp³-hybridized carbons (Fsp3) is 0.579. The normalized spacial score (nSPS) is 29.8. The van der Waals surface area contributed by atoms with E-state index in [0.717, 1.165) is 24.9 Å². The van der Waals surface area contributed by atoms with Gasteiger partial charge >= 0.3 is 0 Å². The smallest absolute Gasteiger partial charge is 0.223 e. The summed E-state index contributed by atoms with van der Waals surface area (Å²) in [6.07, 6.45) is 2.89. The van der Waals surface area contributed by atoms with Crippen LogP contribution >= 0.6 is 0 Å². The molecule has 0 saturated carbocycles. The lowest BCUT2D eigenvalue weighted by Crippen LogP contribution is -2.39. The maximum Gasteiger partial charge on any atom is 0.223 e. The molecule has 5 heteroatoms. The van der Waals surface area contributed by atoms with Gasteiger partial charge in [0.25, 0.3) is 0 Å². The molecular formula is C19H27N3O2. The molecule has 5 nitrogen and oxygen atoms in total. The van der Waals surface area contributed by atoms with Crippen molar-refractivity contribution in [3.63, 3.8) is 0 Å². The Morgan fingerprint density at radius 3 is 2.42 bits per heavy atom. The summed E-state index contributed by atoms with van der Waals surface area (Å²) in [5.74, 6) is 0.613. The van der Waals surface area contributed by atoms with E-state index in [2.05, 4.69) is 24.7 Å². The molecule has 1 aromatic carbocycles. The minimum absolute atomic E-state index is 0.0538. The molecule has 0 spiro atoms. The summed E-state index contributed by atoms with van der Waals surface area (Å²) in [5, 5.41) is 0. The molecule has 2 heterocycles. The first kappa shape index (κ1) is 17.1. The number of hydrazine groups is 1. The fourth-order valence-corrected chi connectivity index (χ4v) is 3.91. The number of hydrogen-bond donors (Lipinski definition) is 2. The SMILES string of the molecule is CC1NNC(C)C1CC(=O)N1CCCC1CC(=O)c1ccccc1. The summed E-state index contributed by atoms with van der Waals surface area (Å²) in [6.45, 7) is 4.99. The summed E-state index contributed by atoms with van der Waals surface area (Å²) >= 11 is 0. The van der Waals surface area contributed by atoms with Crippen LogP contribution in [0.25, 0.3) is 0 Å².